The van der Waals surface area contributed by atoms with Gasteiger partial charge in [0.25, 0.3) is 5.91 Å². The Hall–Kier alpha value is -2.28. The molecule has 7 heteroatoms. The van der Waals surface area contributed by atoms with Gasteiger partial charge in [-0.05, 0) is 61.6 Å². The van der Waals surface area contributed by atoms with Crippen LogP contribution in [0.1, 0.15) is 42.5 Å². The number of hydrogen-bond acceptors (Lipinski definition) is 4. The van der Waals surface area contributed by atoms with Gasteiger partial charge in [0.05, 0.1) is 5.69 Å². The van der Waals surface area contributed by atoms with Crippen molar-refractivity contribution in [2.24, 2.45) is 5.92 Å². The Labute approximate surface area is 169 Å². The second-order valence-electron chi connectivity index (χ2n) is 7.64. The van der Waals surface area contributed by atoms with Gasteiger partial charge in [0.2, 0.25) is 5.91 Å². The van der Waals surface area contributed by atoms with Crippen molar-refractivity contribution < 1.29 is 9.59 Å². The molecule has 1 unspecified atom stereocenters. The minimum atomic E-state index is -0.0490. The van der Waals surface area contributed by atoms with E-state index in [1.54, 1.807) is 6.20 Å². The van der Waals surface area contributed by atoms with Crippen molar-refractivity contribution >= 4 is 23.6 Å². The van der Waals surface area contributed by atoms with Crippen LogP contribution in [-0.4, -0.2) is 45.6 Å². The highest BCUT2D eigenvalue weighted by Gasteiger charge is 2.29. The van der Waals surface area contributed by atoms with E-state index in [9.17, 15) is 9.59 Å². The van der Waals surface area contributed by atoms with Crippen LogP contribution in [0.5, 0.6) is 0 Å². The number of carbonyl (C=O) groups is 2. The summed E-state index contributed by atoms with van der Waals surface area (Å²) in [6, 6.07) is 9.91. The molecular formula is C21H26N4O2S. The number of rotatable bonds is 5. The second kappa shape index (κ2) is 8.82. The summed E-state index contributed by atoms with van der Waals surface area (Å²) in [7, 11) is 0. The third-order valence-electron chi connectivity index (χ3n) is 5.67. The maximum absolute atomic E-state index is 12.5. The summed E-state index contributed by atoms with van der Waals surface area (Å²) in [6.07, 6.45) is 6.19. The minimum Gasteiger partial charge on any atom is -0.352 e. The Morgan fingerprint density at radius 1 is 0.964 bits per heavy atom. The normalized spacial score (nSPS) is 24.6. The van der Waals surface area contributed by atoms with Crippen LogP contribution in [0.2, 0.25) is 0 Å². The highest BCUT2D eigenvalue weighted by Crippen LogP contribution is 2.26. The van der Waals surface area contributed by atoms with Crippen LogP contribution < -0.4 is 10.6 Å². The predicted octanol–water partition coefficient (Wildman–Crippen LogP) is 2.99. The summed E-state index contributed by atoms with van der Waals surface area (Å²) < 4.78 is 0. The van der Waals surface area contributed by atoms with Gasteiger partial charge in [-0.1, -0.05) is 12.1 Å². The third kappa shape index (κ3) is 4.58. The molecule has 2 heterocycles. The van der Waals surface area contributed by atoms with Gasteiger partial charge in [-0.2, -0.15) is 16.9 Å². The summed E-state index contributed by atoms with van der Waals surface area (Å²) in [5.41, 5.74) is 2.59. The zero-order valence-corrected chi connectivity index (χ0v) is 16.6. The molecule has 2 aliphatic rings. The van der Waals surface area contributed by atoms with Crippen molar-refractivity contribution in [3.8, 4) is 11.3 Å². The summed E-state index contributed by atoms with van der Waals surface area (Å²) in [5.74, 6) is 2.43. The molecule has 1 aromatic carbocycles. The first-order chi connectivity index (χ1) is 13.7. The van der Waals surface area contributed by atoms with Crippen molar-refractivity contribution in [2.45, 2.75) is 44.2 Å². The molecule has 28 heavy (non-hydrogen) atoms. The molecule has 1 saturated heterocycles. The van der Waals surface area contributed by atoms with Crippen molar-refractivity contribution in [1.29, 1.82) is 0 Å². The van der Waals surface area contributed by atoms with Gasteiger partial charge in [-0.15, -0.1) is 0 Å². The highest BCUT2D eigenvalue weighted by atomic mass is 32.2. The van der Waals surface area contributed by atoms with Gasteiger partial charge in [0.1, 0.15) is 0 Å². The van der Waals surface area contributed by atoms with Crippen LogP contribution in [0.4, 0.5) is 0 Å². The van der Waals surface area contributed by atoms with Gasteiger partial charge in [0, 0.05) is 35.5 Å². The quantitative estimate of drug-likeness (QED) is 0.723. The van der Waals surface area contributed by atoms with Crippen LogP contribution in [0, 0.1) is 5.92 Å². The minimum absolute atomic E-state index is 0.0490. The van der Waals surface area contributed by atoms with Crippen LogP contribution in [0.3, 0.4) is 0 Å². The fraction of sp³-hybridized carbons (Fsp3) is 0.476. The van der Waals surface area contributed by atoms with E-state index in [1.165, 1.54) is 0 Å². The van der Waals surface area contributed by atoms with Crippen LogP contribution in [-0.2, 0) is 4.79 Å². The first-order valence-electron chi connectivity index (χ1n) is 9.98. The number of thioether (sulfide) groups is 1. The molecular weight excluding hydrogens is 372 g/mol. The number of nitrogens with one attached hydrogen (secondary N) is 3. The predicted molar refractivity (Wildman–Crippen MR) is 111 cm³/mol. The van der Waals surface area contributed by atoms with Crippen LogP contribution >= 0.6 is 11.8 Å². The molecule has 1 aliphatic carbocycles. The zero-order valence-electron chi connectivity index (χ0n) is 15.8. The number of aromatic amines is 1. The fourth-order valence-electron chi connectivity index (χ4n) is 3.95. The number of hydrogen-bond donors (Lipinski definition) is 3. The molecule has 3 N–H and O–H groups in total. The van der Waals surface area contributed by atoms with E-state index in [1.807, 2.05) is 42.1 Å². The molecule has 0 radical (unpaired) electrons. The number of benzene rings is 1. The Bertz CT molecular complexity index is 792. The summed E-state index contributed by atoms with van der Waals surface area (Å²) >= 11 is 1.91. The Morgan fingerprint density at radius 2 is 1.75 bits per heavy atom. The monoisotopic (exact) mass is 398 g/mol. The van der Waals surface area contributed by atoms with Gasteiger partial charge in [0.15, 0.2) is 0 Å². The van der Waals surface area contributed by atoms with E-state index in [0.717, 1.165) is 54.9 Å². The van der Waals surface area contributed by atoms with E-state index in [4.69, 9.17) is 0 Å². The molecule has 148 valence electrons. The SMILES string of the molecule is O=C(NC1CCC(C(=O)NC2CCSC2)CC1)c1ccc(-c2ccn[nH]2)cc1. The lowest BCUT2D eigenvalue weighted by atomic mass is 9.85. The van der Waals surface area contributed by atoms with E-state index >= 15 is 0 Å². The topological polar surface area (TPSA) is 86.9 Å². The fourth-order valence-corrected chi connectivity index (χ4v) is 5.11. The molecule has 1 saturated carbocycles. The highest BCUT2D eigenvalue weighted by molar-refractivity contribution is 7.99. The molecule has 4 rings (SSSR count). The van der Waals surface area contributed by atoms with Gasteiger partial charge < -0.3 is 10.6 Å². The third-order valence-corrected chi connectivity index (χ3v) is 6.83. The van der Waals surface area contributed by atoms with E-state index in [0.29, 0.717) is 11.6 Å². The maximum atomic E-state index is 12.5. The number of carbonyl (C=O) groups excluding carboxylic acids is 2. The molecule has 2 fully saturated rings. The first kappa shape index (κ1) is 19.1. The van der Waals surface area contributed by atoms with Crippen molar-refractivity contribution in [1.82, 2.24) is 20.8 Å². The number of amides is 2. The van der Waals surface area contributed by atoms with Crippen molar-refractivity contribution in [3.05, 3.63) is 42.1 Å². The van der Waals surface area contributed by atoms with Gasteiger partial charge in [-0.25, -0.2) is 0 Å². The van der Waals surface area contributed by atoms with Gasteiger partial charge >= 0.3 is 0 Å². The Kier molecular flexibility index (Phi) is 6.00. The average Bonchev–Trinajstić information content (AvgIpc) is 3.43. The van der Waals surface area contributed by atoms with E-state index in [2.05, 4.69) is 20.8 Å². The smallest absolute Gasteiger partial charge is 0.251 e. The molecule has 2 amide bonds. The van der Waals surface area contributed by atoms with E-state index < -0.39 is 0 Å². The Balaban J connectivity index is 1.25. The van der Waals surface area contributed by atoms with Crippen molar-refractivity contribution in [3.63, 3.8) is 0 Å². The standard InChI is InChI=1S/C21H26N4O2S/c26-20(15-3-1-14(2-4-15)19-9-11-22-25-19)23-17-7-5-16(6-8-17)21(27)24-18-10-12-28-13-18/h1-4,9,11,16-18H,5-8,10,12-13H2,(H,22,25)(H,23,26)(H,24,27). The molecule has 1 aromatic heterocycles. The molecule has 1 aliphatic heterocycles. The molecule has 0 spiro atoms. The van der Waals surface area contributed by atoms with Gasteiger partial charge in [-0.3, -0.25) is 14.7 Å². The molecule has 1 atom stereocenters. The zero-order chi connectivity index (χ0) is 19.3. The van der Waals surface area contributed by atoms with Crippen LogP contribution in [0.25, 0.3) is 11.3 Å². The van der Waals surface area contributed by atoms with E-state index in [-0.39, 0.29) is 23.8 Å². The number of H-pyrrole nitrogens is 1. The average molecular weight is 399 g/mol. The first-order valence-corrected chi connectivity index (χ1v) is 11.1. The van der Waals surface area contributed by atoms with Crippen molar-refractivity contribution in [2.75, 3.05) is 11.5 Å². The molecule has 2 aromatic rings. The van der Waals surface area contributed by atoms with Crippen LogP contribution in [0.15, 0.2) is 36.5 Å². The summed E-state index contributed by atoms with van der Waals surface area (Å²) in [4.78, 5) is 25.0. The summed E-state index contributed by atoms with van der Waals surface area (Å²) in [6.45, 7) is 0. The lowest BCUT2D eigenvalue weighted by Crippen LogP contribution is -2.43. The Morgan fingerprint density at radius 3 is 2.39 bits per heavy atom. The second-order valence-corrected chi connectivity index (χ2v) is 8.79. The lowest BCUT2D eigenvalue weighted by Gasteiger charge is -2.29. The summed E-state index contributed by atoms with van der Waals surface area (Å²) in [5, 5.41) is 13.2. The molecule has 6 nitrogen and oxygen atoms in total. The molecule has 0 bridgehead atoms. The number of nitrogens with zero attached hydrogens (tertiary/aromatic N) is 1. The number of aromatic nitrogens is 2. The maximum Gasteiger partial charge on any atom is 0.251 e. The lowest BCUT2D eigenvalue weighted by molar-refractivity contribution is -0.126. The largest absolute Gasteiger partial charge is 0.352 e.